The molecule has 0 amide bonds. The smallest absolute Gasteiger partial charge is 0.234 e. The Hall–Kier alpha value is -1.40. The van der Waals surface area contributed by atoms with Crippen molar-refractivity contribution in [2.45, 2.75) is 38.3 Å². The standard InChI is InChI=1S/C15H23N3O3/c1-2-21-15-9-16-8-14(17-15)18-6-3-4-12(18)11-10-20-7-5-13(11)19/h8-9,11-13,19H,2-7,10H2,1H3. The van der Waals surface area contributed by atoms with Crippen molar-refractivity contribution in [2.24, 2.45) is 5.92 Å². The van der Waals surface area contributed by atoms with Gasteiger partial charge in [0.1, 0.15) is 0 Å². The van der Waals surface area contributed by atoms with Gasteiger partial charge in [-0.1, -0.05) is 0 Å². The van der Waals surface area contributed by atoms with Crippen molar-refractivity contribution in [3.63, 3.8) is 0 Å². The zero-order valence-corrected chi connectivity index (χ0v) is 12.4. The first-order valence-corrected chi connectivity index (χ1v) is 7.77. The maximum Gasteiger partial charge on any atom is 0.234 e. The van der Waals surface area contributed by atoms with Gasteiger partial charge in [0.25, 0.3) is 0 Å². The van der Waals surface area contributed by atoms with Crippen LogP contribution in [-0.4, -0.2) is 53.6 Å². The molecule has 0 spiro atoms. The van der Waals surface area contributed by atoms with Gasteiger partial charge < -0.3 is 19.5 Å². The first-order valence-electron chi connectivity index (χ1n) is 7.77. The number of nitrogens with zero attached hydrogens (tertiary/aromatic N) is 3. The second-order valence-electron chi connectivity index (χ2n) is 5.65. The molecule has 6 nitrogen and oxygen atoms in total. The Morgan fingerprint density at radius 2 is 2.33 bits per heavy atom. The van der Waals surface area contributed by atoms with Crippen molar-refractivity contribution in [3.8, 4) is 5.88 Å². The summed E-state index contributed by atoms with van der Waals surface area (Å²) >= 11 is 0. The lowest BCUT2D eigenvalue weighted by Gasteiger charge is -2.37. The summed E-state index contributed by atoms with van der Waals surface area (Å²) in [7, 11) is 0. The van der Waals surface area contributed by atoms with E-state index in [2.05, 4.69) is 14.9 Å². The maximum absolute atomic E-state index is 10.3. The van der Waals surface area contributed by atoms with Crippen molar-refractivity contribution in [3.05, 3.63) is 12.4 Å². The van der Waals surface area contributed by atoms with Crippen LogP contribution in [0.3, 0.4) is 0 Å². The van der Waals surface area contributed by atoms with Crippen LogP contribution in [0.4, 0.5) is 5.82 Å². The predicted molar refractivity (Wildman–Crippen MR) is 78.5 cm³/mol. The van der Waals surface area contributed by atoms with Gasteiger partial charge in [-0.2, -0.15) is 4.98 Å². The maximum atomic E-state index is 10.3. The molecule has 3 unspecified atom stereocenters. The van der Waals surface area contributed by atoms with Gasteiger partial charge in [-0.05, 0) is 26.2 Å². The van der Waals surface area contributed by atoms with E-state index < -0.39 is 0 Å². The normalized spacial score (nSPS) is 29.6. The van der Waals surface area contributed by atoms with E-state index in [0.29, 0.717) is 25.7 Å². The third-order valence-electron chi connectivity index (χ3n) is 4.34. The zero-order chi connectivity index (χ0) is 14.7. The van der Waals surface area contributed by atoms with Crippen LogP contribution in [0.15, 0.2) is 12.4 Å². The van der Waals surface area contributed by atoms with Crippen molar-refractivity contribution >= 4 is 5.82 Å². The van der Waals surface area contributed by atoms with Gasteiger partial charge in [-0.3, -0.25) is 4.98 Å². The summed E-state index contributed by atoms with van der Waals surface area (Å²) in [6, 6.07) is 0.270. The first kappa shape index (κ1) is 14.5. The van der Waals surface area contributed by atoms with Gasteiger partial charge in [0.2, 0.25) is 5.88 Å². The molecular weight excluding hydrogens is 270 g/mol. The van der Waals surface area contributed by atoms with Gasteiger partial charge in [-0.25, -0.2) is 0 Å². The average Bonchev–Trinajstić information content (AvgIpc) is 2.98. The minimum absolute atomic E-state index is 0.152. The van der Waals surface area contributed by atoms with Crippen LogP contribution in [0.5, 0.6) is 5.88 Å². The van der Waals surface area contributed by atoms with E-state index in [9.17, 15) is 5.11 Å². The molecule has 2 saturated heterocycles. The van der Waals surface area contributed by atoms with Crippen LogP contribution in [0.1, 0.15) is 26.2 Å². The number of rotatable bonds is 4. The van der Waals surface area contributed by atoms with Crippen LogP contribution in [0.25, 0.3) is 0 Å². The third kappa shape index (κ3) is 3.11. The molecule has 3 atom stereocenters. The summed E-state index contributed by atoms with van der Waals surface area (Å²) < 4.78 is 11.0. The van der Waals surface area contributed by atoms with Gasteiger partial charge >= 0.3 is 0 Å². The number of hydrogen-bond acceptors (Lipinski definition) is 6. The van der Waals surface area contributed by atoms with Crippen molar-refractivity contribution in [1.29, 1.82) is 0 Å². The number of anilines is 1. The first-order chi connectivity index (χ1) is 10.3. The molecule has 1 aromatic heterocycles. The van der Waals surface area contributed by atoms with Crippen LogP contribution >= 0.6 is 0 Å². The molecule has 6 heteroatoms. The Kier molecular flexibility index (Phi) is 4.55. The van der Waals surface area contributed by atoms with Gasteiger partial charge in [-0.15, -0.1) is 0 Å². The third-order valence-corrected chi connectivity index (χ3v) is 4.34. The number of hydrogen-bond donors (Lipinski definition) is 1. The minimum Gasteiger partial charge on any atom is -0.477 e. The van der Waals surface area contributed by atoms with E-state index in [4.69, 9.17) is 9.47 Å². The fourth-order valence-corrected chi connectivity index (χ4v) is 3.33. The topological polar surface area (TPSA) is 67.7 Å². The summed E-state index contributed by atoms with van der Waals surface area (Å²) in [5, 5.41) is 10.3. The molecule has 3 rings (SSSR count). The fraction of sp³-hybridized carbons (Fsp3) is 0.733. The van der Waals surface area contributed by atoms with E-state index in [0.717, 1.165) is 31.6 Å². The highest BCUT2D eigenvalue weighted by Gasteiger charge is 2.38. The Balaban J connectivity index is 1.78. The molecule has 2 fully saturated rings. The Labute approximate surface area is 125 Å². The van der Waals surface area contributed by atoms with Crippen molar-refractivity contribution < 1.29 is 14.6 Å². The summed E-state index contributed by atoms with van der Waals surface area (Å²) in [5.74, 6) is 1.54. The SMILES string of the molecule is CCOc1cncc(N2CCCC2C2COCCC2O)n1. The molecule has 2 aliphatic rings. The second kappa shape index (κ2) is 6.58. The highest BCUT2D eigenvalue weighted by atomic mass is 16.5. The molecule has 1 aromatic rings. The number of aliphatic hydroxyl groups excluding tert-OH is 1. The molecule has 1 N–H and O–H groups in total. The summed E-state index contributed by atoms with van der Waals surface area (Å²) in [6.07, 6.45) is 6.01. The molecule has 0 aromatic carbocycles. The van der Waals surface area contributed by atoms with Gasteiger partial charge in [0, 0.05) is 25.1 Å². The molecule has 2 aliphatic heterocycles. The highest BCUT2D eigenvalue weighted by Crippen LogP contribution is 2.32. The van der Waals surface area contributed by atoms with Crippen LogP contribution < -0.4 is 9.64 Å². The summed E-state index contributed by atoms with van der Waals surface area (Å²) in [5.41, 5.74) is 0. The number of ether oxygens (including phenoxy) is 2. The Morgan fingerprint density at radius 3 is 3.14 bits per heavy atom. The number of aliphatic hydroxyl groups is 1. The lowest BCUT2D eigenvalue weighted by atomic mass is 9.89. The molecule has 116 valence electrons. The summed E-state index contributed by atoms with van der Waals surface area (Å²) in [6.45, 7) is 4.74. The lowest BCUT2D eigenvalue weighted by molar-refractivity contribution is -0.0438. The van der Waals surface area contributed by atoms with E-state index >= 15 is 0 Å². The van der Waals surface area contributed by atoms with Crippen LogP contribution in [0.2, 0.25) is 0 Å². The average molecular weight is 293 g/mol. The van der Waals surface area contributed by atoms with Crippen LogP contribution in [0, 0.1) is 5.92 Å². The molecule has 3 heterocycles. The minimum atomic E-state index is -0.285. The molecule has 21 heavy (non-hydrogen) atoms. The molecule has 0 radical (unpaired) electrons. The predicted octanol–water partition coefficient (Wildman–Crippen LogP) is 1.24. The van der Waals surface area contributed by atoms with E-state index in [-0.39, 0.29) is 18.1 Å². The molecule has 0 aliphatic carbocycles. The molecule has 0 bridgehead atoms. The molecule has 0 saturated carbocycles. The van der Waals surface area contributed by atoms with Gasteiger partial charge in [0.15, 0.2) is 5.82 Å². The van der Waals surface area contributed by atoms with Crippen LogP contribution in [-0.2, 0) is 4.74 Å². The molecular formula is C15H23N3O3. The lowest BCUT2D eigenvalue weighted by Crippen LogP contribution is -2.46. The van der Waals surface area contributed by atoms with E-state index in [1.54, 1.807) is 12.4 Å². The summed E-state index contributed by atoms with van der Waals surface area (Å²) in [4.78, 5) is 11.0. The van der Waals surface area contributed by atoms with Crippen molar-refractivity contribution in [2.75, 3.05) is 31.3 Å². The van der Waals surface area contributed by atoms with E-state index in [1.807, 2.05) is 6.92 Å². The second-order valence-corrected chi connectivity index (χ2v) is 5.65. The monoisotopic (exact) mass is 293 g/mol. The fourth-order valence-electron chi connectivity index (χ4n) is 3.33. The van der Waals surface area contributed by atoms with Gasteiger partial charge in [0.05, 0.1) is 31.7 Å². The Morgan fingerprint density at radius 1 is 1.43 bits per heavy atom. The van der Waals surface area contributed by atoms with Crippen molar-refractivity contribution in [1.82, 2.24) is 9.97 Å². The zero-order valence-electron chi connectivity index (χ0n) is 12.4. The Bertz CT molecular complexity index is 471. The number of aromatic nitrogens is 2. The van der Waals surface area contributed by atoms with E-state index in [1.165, 1.54) is 0 Å². The largest absolute Gasteiger partial charge is 0.477 e. The quantitative estimate of drug-likeness (QED) is 0.901. The highest BCUT2D eigenvalue weighted by molar-refractivity contribution is 5.40.